The number of rotatable bonds is 5. The molecular weight excluding hydrogens is 172 g/mol. The molecule has 0 saturated carbocycles. The minimum Gasteiger partial charge on any atom is -0.394 e. The molecular formula is C8H18N2O3. The third-order valence-corrected chi connectivity index (χ3v) is 1.94. The maximum atomic E-state index is 9.44. The number of hydrogen-bond donors (Lipinski definition) is 5. The molecule has 6 N–H and O–H groups in total. The smallest absolute Gasteiger partial charge is 0.109 e. The fourth-order valence-corrected chi connectivity index (χ4v) is 0.881. The van der Waals surface area contributed by atoms with Crippen molar-refractivity contribution in [3.05, 3.63) is 0 Å². The average molecular weight is 190 g/mol. The Morgan fingerprint density at radius 3 is 2.15 bits per heavy atom. The summed E-state index contributed by atoms with van der Waals surface area (Å²) in [5.41, 5.74) is 5.48. The Kier molecular flexibility index (Phi) is 5.09. The zero-order valence-corrected chi connectivity index (χ0v) is 7.94. The van der Waals surface area contributed by atoms with Crippen molar-refractivity contribution < 1.29 is 15.3 Å². The minimum atomic E-state index is -1.19. The first-order valence-corrected chi connectivity index (χ1v) is 4.22. The quantitative estimate of drug-likeness (QED) is 0.347. The van der Waals surface area contributed by atoms with Gasteiger partial charge in [0.1, 0.15) is 6.10 Å². The second-order valence-corrected chi connectivity index (χ2v) is 3.38. The summed E-state index contributed by atoms with van der Waals surface area (Å²) in [7, 11) is 0. The van der Waals surface area contributed by atoms with Crippen molar-refractivity contribution in [1.82, 2.24) is 0 Å². The highest BCUT2D eigenvalue weighted by atomic mass is 16.3. The normalized spacial score (nSPS) is 18.4. The van der Waals surface area contributed by atoms with Crippen LogP contribution in [0.3, 0.4) is 0 Å². The zero-order valence-electron chi connectivity index (χ0n) is 7.94. The Balaban J connectivity index is 4.24. The van der Waals surface area contributed by atoms with Crippen LogP contribution in [0.2, 0.25) is 0 Å². The van der Waals surface area contributed by atoms with Crippen LogP contribution in [0.5, 0.6) is 0 Å². The van der Waals surface area contributed by atoms with Crippen molar-refractivity contribution in [3.8, 4) is 0 Å². The molecule has 0 aromatic heterocycles. The molecule has 2 unspecified atom stereocenters. The maximum Gasteiger partial charge on any atom is 0.109 e. The van der Waals surface area contributed by atoms with Crippen LogP contribution in [0.1, 0.15) is 13.8 Å². The average Bonchev–Trinajstić information content (AvgIpc) is 2.12. The Bertz CT molecular complexity index is 173. The molecule has 0 radical (unpaired) electrons. The Hall–Kier alpha value is -0.490. The standard InChI is InChI=1S/C8H18N2O3/c1-4(2)6(9)8(13)7(10)5(12)3-11/h4-5,7-9,11-13H,3,10H2,1-2H3/t5?,7?,8-/m1/s1. The van der Waals surface area contributed by atoms with Gasteiger partial charge in [0.25, 0.3) is 0 Å². The van der Waals surface area contributed by atoms with E-state index in [2.05, 4.69) is 0 Å². The van der Waals surface area contributed by atoms with E-state index in [1.54, 1.807) is 13.8 Å². The van der Waals surface area contributed by atoms with Gasteiger partial charge in [-0.2, -0.15) is 0 Å². The van der Waals surface area contributed by atoms with Crippen LogP contribution < -0.4 is 5.73 Å². The van der Waals surface area contributed by atoms with Crippen LogP contribution in [0.25, 0.3) is 0 Å². The van der Waals surface area contributed by atoms with Crippen molar-refractivity contribution >= 4 is 5.71 Å². The molecule has 5 heteroatoms. The molecule has 0 rings (SSSR count). The first kappa shape index (κ1) is 12.5. The van der Waals surface area contributed by atoms with Gasteiger partial charge in [0, 0.05) is 5.71 Å². The van der Waals surface area contributed by atoms with Gasteiger partial charge in [-0.3, -0.25) is 0 Å². The summed E-state index contributed by atoms with van der Waals surface area (Å²) >= 11 is 0. The van der Waals surface area contributed by atoms with Crippen LogP contribution in [0.4, 0.5) is 0 Å². The summed E-state index contributed by atoms with van der Waals surface area (Å²) in [6.45, 7) is 3.00. The van der Waals surface area contributed by atoms with Gasteiger partial charge in [-0.25, -0.2) is 0 Å². The Morgan fingerprint density at radius 1 is 1.38 bits per heavy atom. The largest absolute Gasteiger partial charge is 0.394 e. The molecule has 0 bridgehead atoms. The molecule has 0 aliphatic heterocycles. The number of nitrogens with two attached hydrogens (primary N) is 1. The molecule has 0 amide bonds. The predicted molar refractivity (Wildman–Crippen MR) is 49.6 cm³/mol. The van der Waals surface area contributed by atoms with E-state index in [0.29, 0.717) is 0 Å². The van der Waals surface area contributed by atoms with E-state index in [-0.39, 0.29) is 11.6 Å². The fraction of sp³-hybridized carbons (Fsp3) is 0.875. The van der Waals surface area contributed by atoms with Crippen molar-refractivity contribution in [2.24, 2.45) is 11.7 Å². The van der Waals surface area contributed by atoms with Gasteiger partial charge in [-0.15, -0.1) is 0 Å². The maximum absolute atomic E-state index is 9.44. The van der Waals surface area contributed by atoms with Gasteiger partial charge < -0.3 is 26.5 Å². The third kappa shape index (κ3) is 3.40. The molecule has 13 heavy (non-hydrogen) atoms. The van der Waals surface area contributed by atoms with Crippen LogP contribution in [0.15, 0.2) is 0 Å². The van der Waals surface area contributed by atoms with E-state index in [0.717, 1.165) is 0 Å². The van der Waals surface area contributed by atoms with Gasteiger partial charge in [0.15, 0.2) is 0 Å². The lowest BCUT2D eigenvalue weighted by molar-refractivity contribution is 0.0402. The lowest BCUT2D eigenvalue weighted by Crippen LogP contribution is -2.50. The molecule has 0 aromatic carbocycles. The van der Waals surface area contributed by atoms with Crippen LogP contribution >= 0.6 is 0 Å². The van der Waals surface area contributed by atoms with Gasteiger partial charge in [-0.1, -0.05) is 13.8 Å². The summed E-state index contributed by atoms with van der Waals surface area (Å²) in [6, 6.07) is -1.00. The monoisotopic (exact) mass is 190 g/mol. The molecule has 3 atom stereocenters. The number of hydrogen-bond acceptors (Lipinski definition) is 5. The third-order valence-electron chi connectivity index (χ3n) is 1.94. The lowest BCUT2D eigenvalue weighted by Gasteiger charge is -2.24. The molecule has 0 aliphatic rings. The van der Waals surface area contributed by atoms with Gasteiger partial charge in [-0.05, 0) is 5.92 Å². The first-order valence-electron chi connectivity index (χ1n) is 4.22. The molecule has 5 nitrogen and oxygen atoms in total. The molecule has 78 valence electrons. The van der Waals surface area contributed by atoms with Gasteiger partial charge >= 0.3 is 0 Å². The summed E-state index contributed by atoms with van der Waals surface area (Å²) in [4.78, 5) is 0. The molecule has 0 saturated heterocycles. The summed E-state index contributed by atoms with van der Waals surface area (Å²) in [6.07, 6.45) is -2.38. The molecule has 0 heterocycles. The fourth-order valence-electron chi connectivity index (χ4n) is 0.881. The summed E-state index contributed by atoms with van der Waals surface area (Å²) in [5.74, 6) is -0.119. The summed E-state index contributed by atoms with van der Waals surface area (Å²) < 4.78 is 0. The second-order valence-electron chi connectivity index (χ2n) is 3.38. The zero-order chi connectivity index (χ0) is 10.6. The minimum absolute atomic E-state index is 0.0694. The van der Waals surface area contributed by atoms with Crippen molar-refractivity contribution in [2.45, 2.75) is 32.1 Å². The predicted octanol–water partition coefficient (Wildman–Crippen LogP) is -1.30. The summed E-state index contributed by atoms with van der Waals surface area (Å²) in [5, 5.41) is 34.5. The van der Waals surface area contributed by atoms with Gasteiger partial charge in [0.2, 0.25) is 0 Å². The lowest BCUT2D eigenvalue weighted by atomic mass is 9.95. The van der Waals surface area contributed by atoms with E-state index in [9.17, 15) is 5.11 Å². The van der Waals surface area contributed by atoms with Crippen LogP contribution in [0, 0.1) is 11.3 Å². The van der Waals surface area contributed by atoms with Crippen molar-refractivity contribution in [1.29, 1.82) is 5.41 Å². The molecule has 0 aromatic rings. The SMILES string of the molecule is CC(C)C(=N)[C@@H](O)C(N)C(O)CO. The number of nitrogens with one attached hydrogen (secondary N) is 1. The Labute approximate surface area is 77.7 Å². The van der Waals surface area contributed by atoms with Crippen LogP contribution in [-0.4, -0.2) is 45.9 Å². The van der Waals surface area contributed by atoms with E-state index < -0.39 is 24.9 Å². The second kappa shape index (κ2) is 5.29. The number of aliphatic hydroxyl groups is 3. The van der Waals surface area contributed by atoms with E-state index >= 15 is 0 Å². The van der Waals surface area contributed by atoms with E-state index in [4.69, 9.17) is 21.4 Å². The molecule has 0 fully saturated rings. The molecule has 0 spiro atoms. The number of aliphatic hydroxyl groups excluding tert-OH is 3. The van der Waals surface area contributed by atoms with E-state index in [1.165, 1.54) is 0 Å². The van der Waals surface area contributed by atoms with Gasteiger partial charge in [0.05, 0.1) is 18.8 Å². The van der Waals surface area contributed by atoms with E-state index in [1.807, 2.05) is 0 Å². The highest BCUT2D eigenvalue weighted by Crippen LogP contribution is 2.05. The topological polar surface area (TPSA) is 111 Å². The van der Waals surface area contributed by atoms with Crippen molar-refractivity contribution in [3.63, 3.8) is 0 Å². The highest BCUT2D eigenvalue weighted by molar-refractivity contribution is 5.88. The molecule has 0 aliphatic carbocycles. The Morgan fingerprint density at radius 2 is 1.85 bits per heavy atom. The highest BCUT2D eigenvalue weighted by Gasteiger charge is 2.26. The van der Waals surface area contributed by atoms with Crippen molar-refractivity contribution in [2.75, 3.05) is 6.61 Å². The van der Waals surface area contributed by atoms with Crippen LogP contribution in [-0.2, 0) is 0 Å². The first-order chi connectivity index (χ1) is 5.91.